The van der Waals surface area contributed by atoms with Crippen LogP contribution in [0.15, 0.2) is 47.6 Å². The quantitative estimate of drug-likeness (QED) is 0.599. The number of carboxylic acid groups (broad SMARTS) is 1. The molecular weight excluding hydrogens is 308 g/mol. The van der Waals surface area contributed by atoms with Gasteiger partial charge in [0, 0.05) is 5.56 Å². The molecular formula is C18H20N2O4. The zero-order valence-electron chi connectivity index (χ0n) is 13.9. The van der Waals surface area contributed by atoms with Gasteiger partial charge in [-0.1, -0.05) is 6.92 Å². The Morgan fingerprint density at radius 1 is 1.04 bits per heavy atom. The molecule has 0 saturated heterocycles. The molecule has 0 saturated carbocycles. The third-order valence-electron chi connectivity index (χ3n) is 3.50. The van der Waals surface area contributed by atoms with Crippen LogP contribution in [-0.4, -0.2) is 31.0 Å². The van der Waals surface area contributed by atoms with Crippen LogP contribution in [0.4, 0.5) is 5.69 Å². The third-order valence-corrected chi connectivity index (χ3v) is 3.50. The molecule has 0 aliphatic carbocycles. The fourth-order valence-electron chi connectivity index (χ4n) is 2.18. The number of anilines is 1. The number of hydrogen-bond donors (Lipinski definition) is 2. The summed E-state index contributed by atoms with van der Waals surface area (Å²) in [5.41, 5.74) is 5.67. The number of rotatable bonds is 7. The predicted molar refractivity (Wildman–Crippen MR) is 93.4 cm³/mol. The van der Waals surface area contributed by atoms with Crippen molar-refractivity contribution in [3.05, 3.63) is 53.6 Å². The van der Waals surface area contributed by atoms with Crippen LogP contribution >= 0.6 is 0 Å². The largest absolute Gasteiger partial charge is 0.493 e. The number of benzene rings is 2. The van der Waals surface area contributed by atoms with E-state index in [9.17, 15) is 4.79 Å². The molecule has 2 N–H and O–H groups in total. The summed E-state index contributed by atoms with van der Waals surface area (Å²) in [6.07, 6.45) is 0.718. The Morgan fingerprint density at radius 2 is 1.67 bits per heavy atom. The Morgan fingerprint density at radius 3 is 2.21 bits per heavy atom. The lowest BCUT2D eigenvalue weighted by Crippen LogP contribution is -2.04. The second-order valence-electron chi connectivity index (χ2n) is 4.98. The monoisotopic (exact) mass is 328 g/mol. The molecule has 0 unspecified atom stereocenters. The van der Waals surface area contributed by atoms with Crippen molar-refractivity contribution in [2.75, 3.05) is 19.6 Å². The van der Waals surface area contributed by atoms with Crippen molar-refractivity contribution in [1.29, 1.82) is 0 Å². The van der Waals surface area contributed by atoms with Crippen LogP contribution in [0.3, 0.4) is 0 Å². The first-order valence-corrected chi connectivity index (χ1v) is 7.47. The van der Waals surface area contributed by atoms with Crippen molar-refractivity contribution < 1.29 is 19.4 Å². The number of carboxylic acids is 1. The highest BCUT2D eigenvalue weighted by Crippen LogP contribution is 2.28. The molecule has 2 aromatic rings. The number of aromatic carboxylic acids is 1. The summed E-state index contributed by atoms with van der Waals surface area (Å²) in [5.74, 6) is 0.348. The molecule has 2 rings (SSSR count). The number of carbonyl (C=O) groups is 1. The highest BCUT2D eigenvalue weighted by molar-refractivity contribution is 6.01. The van der Waals surface area contributed by atoms with Crippen LogP contribution in [0.25, 0.3) is 0 Å². The van der Waals surface area contributed by atoms with E-state index in [4.69, 9.17) is 14.6 Å². The highest BCUT2D eigenvalue weighted by atomic mass is 16.5. The van der Waals surface area contributed by atoms with E-state index in [-0.39, 0.29) is 5.56 Å². The summed E-state index contributed by atoms with van der Waals surface area (Å²) in [6.45, 7) is 2.00. The van der Waals surface area contributed by atoms with E-state index in [1.165, 1.54) is 12.1 Å². The highest BCUT2D eigenvalue weighted by Gasteiger charge is 2.08. The number of methoxy groups -OCH3 is 2. The predicted octanol–water partition coefficient (Wildman–Crippen LogP) is 3.63. The van der Waals surface area contributed by atoms with Crippen LogP contribution in [0.2, 0.25) is 0 Å². The molecule has 0 bridgehead atoms. The first kappa shape index (κ1) is 17.3. The maximum Gasteiger partial charge on any atom is 0.335 e. The lowest BCUT2D eigenvalue weighted by Gasteiger charge is -2.11. The third kappa shape index (κ3) is 4.04. The summed E-state index contributed by atoms with van der Waals surface area (Å²) in [6, 6.07) is 12.0. The minimum atomic E-state index is -0.954. The lowest BCUT2D eigenvalue weighted by atomic mass is 10.1. The van der Waals surface area contributed by atoms with E-state index in [0.29, 0.717) is 17.2 Å². The van der Waals surface area contributed by atoms with Crippen molar-refractivity contribution >= 4 is 17.4 Å². The van der Waals surface area contributed by atoms with Crippen molar-refractivity contribution in [3.63, 3.8) is 0 Å². The Kier molecular flexibility index (Phi) is 5.78. The smallest absolute Gasteiger partial charge is 0.335 e. The summed E-state index contributed by atoms with van der Waals surface area (Å²) in [5, 5.41) is 13.3. The van der Waals surface area contributed by atoms with Gasteiger partial charge in [-0.3, -0.25) is 5.43 Å². The van der Waals surface area contributed by atoms with Crippen molar-refractivity contribution in [2.45, 2.75) is 13.3 Å². The van der Waals surface area contributed by atoms with E-state index in [0.717, 1.165) is 17.7 Å². The number of nitrogens with zero attached hydrogens (tertiary/aromatic N) is 1. The van der Waals surface area contributed by atoms with Crippen LogP contribution in [0.5, 0.6) is 11.5 Å². The van der Waals surface area contributed by atoms with Gasteiger partial charge in [0.15, 0.2) is 11.5 Å². The second-order valence-corrected chi connectivity index (χ2v) is 4.98. The molecule has 2 aromatic carbocycles. The average molecular weight is 328 g/mol. The minimum absolute atomic E-state index is 0.236. The number of hydrogen-bond acceptors (Lipinski definition) is 5. The van der Waals surface area contributed by atoms with Gasteiger partial charge in [0.05, 0.1) is 31.2 Å². The number of ether oxygens (including phenoxy) is 2. The molecule has 6 heteroatoms. The molecule has 0 aromatic heterocycles. The molecule has 24 heavy (non-hydrogen) atoms. The number of hydrazone groups is 1. The normalized spacial score (nSPS) is 11.0. The summed E-state index contributed by atoms with van der Waals surface area (Å²) in [7, 11) is 3.18. The maximum atomic E-state index is 10.9. The Bertz CT molecular complexity index is 739. The Labute approximate surface area is 140 Å². The molecule has 0 fully saturated rings. The fraction of sp³-hybridized carbons (Fsp3) is 0.222. The van der Waals surface area contributed by atoms with Crippen molar-refractivity contribution in [3.8, 4) is 11.5 Å². The van der Waals surface area contributed by atoms with Gasteiger partial charge in [-0.05, 0) is 48.9 Å². The van der Waals surface area contributed by atoms with E-state index in [2.05, 4.69) is 10.5 Å². The average Bonchev–Trinajstić information content (AvgIpc) is 2.62. The second kappa shape index (κ2) is 8.01. The summed E-state index contributed by atoms with van der Waals surface area (Å²) < 4.78 is 10.5. The van der Waals surface area contributed by atoms with Crippen LogP contribution in [0.1, 0.15) is 29.3 Å². The molecule has 126 valence electrons. The topological polar surface area (TPSA) is 80.2 Å². The van der Waals surface area contributed by atoms with E-state index >= 15 is 0 Å². The Balaban J connectivity index is 2.21. The molecule has 6 nitrogen and oxygen atoms in total. The zero-order valence-corrected chi connectivity index (χ0v) is 13.9. The van der Waals surface area contributed by atoms with Gasteiger partial charge in [0.2, 0.25) is 0 Å². The van der Waals surface area contributed by atoms with E-state index in [1.807, 2.05) is 25.1 Å². The molecule has 0 heterocycles. The van der Waals surface area contributed by atoms with Gasteiger partial charge >= 0.3 is 5.97 Å². The van der Waals surface area contributed by atoms with E-state index in [1.54, 1.807) is 26.4 Å². The van der Waals surface area contributed by atoms with Crippen LogP contribution in [0, 0.1) is 0 Å². The first-order chi connectivity index (χ1) is 11.6. The van der Waals surface area contributed by atoms with Crippen molar-refractivity contribution in [2.24, 2.45) is 5.10 Å². The van der Waals surface area contributed by atoms with Gasteiger partial charge < -0.3 is 14.6 Å². The van der Waals surface area contributed by atoms with Crippen LogP contribution < -0.4 is 14.9 Å². The van der Waals surface area contributed by atoms with E-state index < -0.39 is 5.97 Å². The first-order valence-electron chi connectivity index (χ1n) is 7.47. The van der Waals surface area contributed by atoms with Crippen molar-refractivity contribution in [1.82, 2.24) is 0 Å². The summed E-state index contributed by atoms with van der Waals surface area (Å²) in [4.78, 5) is 10.9. The molecule has 0 amide bonds. The van der Waals surface area contributed by atoms with Gasteiger partial charge in [-0.2, -0.15) is 5.10 Å². The fourth-order valence-corrected chi connectivity index (χ4v) is 2.18. The van der Waals surface area contributed by atoms with Gasteiger partial charge in [0.1, 0.15) is 0 Å². The van der Waals surface area contributed by atoms with Gasteiger partial charge in [-0.15, -0.1) is 0 Å². The van der Waals surface area contributed by atoms with Gasteiger partial charge in [0.25, 0.3) is 0 Å². The molecule has 0 atom stereocenters. The molecule has 0 aliphatic rings. The number of nitrogens with one attached hydrogen (secondary N) is 1. The summed E-state index contributed by atoms with van der Waals surface area (Å²) >= 11 is 0. The maximum absolute atomic E-state index is 10.9. The molecule has 0 aliphatic heterocycles. The zero-order chi connectivity index (χ0) is 17.5. The van der Waals surface area contributed by atoms with Gasteiger partial charge in [-0.25, -0.2) is 4.79 Å². The standard InChI is InChI=1S/C18H20N2O4/c1-4-15(13-7-10-16(23-2)17(11-13)24-3)20-19-14-8-5-12(6-9-14)18(21)22/h5-11,19H,4H2,1-3H3,(H,21,22)/b20-15-. The minimum Gasteiger partial charge on any atom is -0.493 e. The lowest BCUT2D eigenvalue weighted by molar-refractivity contribution is 0.0697. The van der Waals surface area contributed by atoms with Crippen LogP contribution in [-0.2, 0) is 0 Å². The molecule has 0 spiro atoms. The Hall–Kier alpha value is -3.02. The SMILES string of the molecule is CC/C(=N/Nc1ccc(C(=O)O)cc1)c1ccc(OC)c(OC)c1. The molecule has 0 radical (unpaired) electrons.